The lowest BCUT2D eigenvalue weighted by molar-refractivity contribution is 0.0948. The number of nitrogens with two attached hydrogens (primary N) is 1. The van der Waals surface area contributed by atoms with Crippen molar-refractivity contribution in [3.63, 3.8) is 0 Å². The molecule has 9 nitrogen and oxygen atoms in total. The van der Waals surface area contributed by atoms with Gasteiger partial charge in [0.2, 0.25) is 0 Å². The Morgan fingerprint density at radius 1 is 1.57 bits per heavy atom. The van der Waals surface area contributed by atoms with E-state index < -0.39 is 5.91 Å². The standard InChI is InChI=1S/C12H23N7O2/c1-17(2)6-9-5-10(20)7-18(9)3-4-19-8-11(15-16-19)12(21)14-13/h8-10,20H,3-7,13H2,1-2H3,(H,14,21). The van der Waals surface area contributed by atoms with Gasteiger partial charge < -0.3 is 10.0 Å². The first kappa shape index (κ1) is 15.8. The molecule has 1 amide bonds. The zero-order valence-electron chi connectivity index (χ0n) is 12.4. The van der Waals surface area contributed by atoms with Crippen LogP contribution in [0.2, 0.25) is 0 Å². The Hall–Kier alpha value is -1.55. The number of hydrogen-bond donors (Lipinski definition) is 3. The van der Waals surface area contributed by atoms with Gasteiger partial charge in [-0.15, -0.1) is 5.10 Å². The molecule has 9 heteroatoms. The number of likely N-dealkylation sites (N-methyl/N-ethyl adjacent to an activating group) is 1. The summed E-state index contributed by atoms with van der Waals surface area (Å²) in [5.41, 5.74) is 2.22. The van der Waals surface area contributed by atoms with Crippen LogP contribution in [0.1, 0.15) is 16.9 Å². The van der Waals surface area contributed by atoms with Gasteiger partial charge in [-0.05, 0) is 20.5 Å². The lowest BCUT2D eigenvalue weighted by atomic mass is 10.2. The van der Waals surface area contributed by atoms with E-state index in [-0.39, 0.29) is 11.8 Å². The Balaban J connectivity index is 1.89. The van der Waals surface area contributed by atoms with E-state index in [1.165, 1.54) is 0 Å². The molecule has 21 heavy (non-hydrogen) atoms. The van der Waals surface area contributed by atoms with Crippen molar-refractivity contribution in [1.82, 2.24) is 30.2 Å². The maximum absolute atomic E-state index is 11.3. The Labute approximate surface area is 123 Å². The number of nitrogen functional groups attached to an aromatic ring is 1. The molecule has 2 heterocycles. The van der Waals surface area contributed by atoms with Crippen LogP contribution in [0.15, 0.2) is 6.20 Å². The summed E-state index contributed by atoms with van der Waals surface area (Å²) in [4.78, 5) is 15.7. The van der Waals surface area contributed by atoms with Crippen LogP contribution in [-0.4, -0.2) is 81.7 Å². The van der Waals surface area contributed by atoms with Crippen LogP contribution >= 0.6 is 0 Å². The zero-order valence-corrected chi connectivity index (χ0v) is 12.4. The summed E-state index contributed by atoms with van der Waals surface area (Å²) < 4.78 is 1.61. The van der Waals surface area contributed by atoms with Gasteiger partial charge in [-0.25, -0.2) is 5.84 Å². The summed E-state index contributed by atoms with van der Waals surface area (Å²) >= 11 is 0. The fourth-order valence-corrected chi connectivity index (χ4v) is 2.66. The number of carbonyl (C=O) groups is 1. The van der Waals surface area contributed by atoms with E-state index in [2.05, 4.69) is 20.1 Å². The second-order valence-corrected chi connectivity index (χ2v) is 5.64. The summed E-state index contributed by atoms with van der Waals surface area (Å²) in [6, 6.07) is 0.338. The molecule has 118 valence electrons. The molecule has 0 aliphatic carbocycles. The first-order chi connectivity index (χ1) is 9.99. The SMILES string of the molecule is CN(C)CC1CC(O)CN1CCn1cc(C(=O)NN)nn1. The molecule has 1 aromatic heterocycles. The Morgan fingerprint density at radius 2 is 2.33 bits per heavy atom. The molecule has 1 aliphatic heterocycles. The molecule has 0 bridgehead atoms. The van der Waals surface area contributed by atoms with Crippen molar-refractivity contribution in [3.8, 4) is 0 Å². The third-order valence-corrected chi connectivity index (χ3v) is 3.60. The van der Waals surface area contributed by atoms with Crippen LogP contribution in [0.5, 0.6) is 0 Å². The minimum absolute atomic E-state index is 0.198. The normalized spacial score (nSPS) is 22.9. The molecule has 0 aromatic carbocycles. The highest BCUT2D eigenvalue weighted by atomic mass is 16.3. The van der Waals surface area contributed by atoms with Gasteiger partial charge in [0.1, 0.15) is 0 Å². The van der Waals surface area contributed by atoms with E-state index in [1.54, 1.807) is 10.9 Å². The van der Waals surface area contributed by atoms with E-state index in [1.807, 2.05) is 19.5 Å². The average molecular weight is 297 g/mol. The van der Waals surface area contributed by atoms with Gasteiger partial charge in [-0.2, -0.15) is 0 Å². The van der Waals surface area contributed by atoms with E-state index in [0.717, 1.165) is 19.5 Å². The fraction of sp³-hybridized carbons (Fsp3) is 0.750. The Morgan fingerprint density at radius 3 is 3.00 bits per heavy atom. The number of nitrogens with zero attached hydrogens (tertiary/aromatic N) is 5. The highest BCUT2D eigenvalue weighted by Gasteiger charge is 2.30. The van der Waals surface area contributed by atoms with Crippen LogP contribution in [0, 0.1) is 0 Å². The molecular formula is C12H23N7O2. The molecule has 1 aromatic rings. The van der Waals surface area contributed by atoms with E-state index >= 15 is 0 Å². The third kappa shape index (κ3) is 4.21. The Kier molecular flexibility index (Phi) is 5.23. The van der Waals surface area contributed by atoms with Gasteiger partial charge in [0.25, 0.3) is 5.91 Å². The van der Waals surface area contributed by atoms with Crippen molar-refractivity contribution in [1.29, 1.82) is 0 Å². The number of rotatable bonds is 6. The van der Waals surface area contributed by atoms with Crippen LogP contribution in [0.25, 0.3) is 0 Å². The predicted octanol–water partition coefficient (Wildman–Crippen LogP) is -2.12. The summed E-state index contributed by atoms with van der Waals surface area (Å²) in [5, 5.41) is 17.5. The highest BCUT2D eigenvalue weighted by Crippen LogP contribution is 2.18. The number of amides is 1. The maximum Gasteiger partial charge on any atom is 0.287 e. The van der Waals surface area contributed by atoms with Gasteiger partial charge in [-0.3, -0.25) is 19.8 Å². The maximum atomic E-state index is 11.3. The number of likely N-dealkylation sites (tertiary alicyclic amines) is 1. The number of nitrogens with one attached hydrogen (secondary N) is 1. The molecule has 2 atom stereocenters. The minimum Gasteiger partial charge on any atom is -0.392 e. The molecule has 2 unspecified atom stereocenters. The zero-order chi connectivity index (χ0) is 15.4. The van der Waals surface area contributed by atoms with Gasteiger partial charge in [0.15, 0.2) is 5.69 Å². The summed E-state index contributed by atoms with van der Waals surface area (Å²) in [5.74, 6) is 4.59. The summed E-state index contributed by atoms with van der Waals surface area (Å²) in [7, 11) is 4.05. The molecule has 0 radical (unpaired) electrons. The molecule has 1 saturated heterocycles. The van der Waals surface area contributed by atoms with Crippen LogP contribution in [-0.2, 0) is 6.54 Å². The van der Waals surface area contributed by atoms with E-state index in [9.17, 15) is 9.90 Å². The second kappa shape index (κ2) is 6.94. The molecule has 1 aliphatic rings. The van der Waals surface area contributed by atoms with Gasteiger partial charge in [0.05, 0.1) is 18.8 Å². The smallest absolute Gasteiger partial charge is 0.287 e. The van der Waals surface area contributed by atoms with E-state index in [4.69, 9.17) is 5.84 Å². The van der Waals surface area contributed by atoms with Crippen molar-refractivity contribution in [2.75, 3.05) is 33.7 Å². The quantitative estimate of drug-likeness (QED) is 0.312. The monoisotopic (exact) mass is 297 g/mol. The average Bonchev–Trinajstić information content (AvgIpc) is 3.02. The summed E-state index contributed by atoms with van der Waals surface area (Å²) in [6.45, 7) is 2.95. The number of aromatic nitrogens is 3. The number of carbonyl (C=O) groups excluding carboxylic acids is 1. The minimum atomic E-state index is -0.455. The number of hydrogen-bond acceptors (Lipinski definition) is 7. The third-order valence-electron chi connectivity index (χ3n) is 3.60. The molecule has 0 spiro atoms. The van der Waals surface area contributed by atoms with Crippen molar-refractivity contribution in [2.24, 2.45) is 5.84 Å². The molecule has 2 rings (SSSR count). The number of aliphatic hydroxyl groups excluding tert-OH is 1. The number of aliphatic hydroxyl groups is 1. The number of hydrazine groups is 1. The predicted molar refractivity (Wildman–Crippen MR) is 76.2 cm³/mol. The first-order valence-corrected chi connectivity index (χ1v) is 6.97. The Bertz CT molecular complexity index is 476. The lowest BCUT2D eigenvalue weighted by Crippen LogP contribution is -2.39. The molecule has 1 fully saturated rings. The molecular weight excluding hydrogens is 274 g/mol. The second-order valence-electron chi connectivity index (χ2n) is 5.64. The van der Waals surface area contributed by atoms with Crippen molar-refractivity contribution >= 4 is 5.91 Å². The topological polar surface area (TPSA) is 113 Å². The highest BCUT2D eigenvalue weighted by molar-refractivity contribution is 5.91. The lowest BCUT2D eigenvalue weighted by Gasteiger charge is -2.26. The fourth-order valence-electron chi connectivity index (χ4n) is 2.66. The number of β-amino-alcohol motifs (C(OH)–C–C–N with tert-alkyl or cyclic N) is 1. The molecule has 0 saturated carbocycles. The first-order valence-electron chi connectivity index (χ1n) is 6.97. The van der Waals surface area contributed by atoms with Crippen LogP contribution in [0.4, 0.5) is 0 Å². The summed E-state index contributed by atoms with van der Waals surface area (Å²) in [6.07, 6.45) is 2.08. The van der Waals surface area contributed by atoms with Crippen molar-refractivity contribution in [2.45, 2.75) is 25.1 Å². The van der Waals surface area contributed by atoms with Crippen molar-refractivity contribution < 1.29 is 9.90 Å². The van der Waals surface area contributed by atoms with Gasteiger partial charge in [0, 0.05) is 25.7 Å². The largest absolute Gasteiger partial charge is 0.392 e. The van der Waals surface area contributed by atoms with Crippen LogP contribution in [0.3, 0.4) is 0 Å². The van der Waals surface area contributed by atoms with Crippen molar-refractivity contribution in [3.05, 3.63) is 11.9 Å². The van der Waals surface area contributed by atoms with Gasteiger partial charge >= 0.3 is 0 Å². The van der Waals surface area contributed by atoms with E-state index in [0.29, 0.717) is 19.1 Å². The van der Waals surface area contributed by atoms with Gasteiger partial charge in [-0.1, -0.05) is 5.21 Å². The molecule has 4 N–H and O–H groups in total. The van der Waals surface area contributed by atoms with Crippen LogP contribution < -0.4 is 11.3 Å².